The normalized spacial score (nSPS) is 25.9. The first-order chi connectivity index (χ1) is 9.27. The largest absolute Gasteiger partial charge is 0.478 e. The highest BCUT2D eigenvalue weighted by molar-refractivity contribution is 5.92. The SMILES string of the molecule is CC(C)[C@@]1(C)N[C@H](c2c(F)cccc2C(=O)O)NC1=O. The minimum Gasteiger partial charge on any atom is -0.478 e. The fraction of sp³-hybridized carbons (Fsp3) is 0.429. The van der Waals surface area contributed by atoms with Gasteiger partial charge in [0.25, 0.3) is 0 Å². The van der Waals surface area contributed by atoms with Crippen molar-refractivity contribution in [2.45, 2.75) is 32.5 Å². The van der Waals surface area contributed by atoms with Crippen LogP contribution in [0.25, 0.3) is 0 Å². The van der Waals surface area contributed by atoms with Crippen LogP contribution in [0.15, 0.2) is 18.2 Å². The Morgan fingerprint density at radius 2 is 2.10 bits per heavy atom. The van der Waals surface area contributed by atoms with Crippen molar-refractivity contribution in [3.63, 3.8) is 0 Å². The van der Waals surface area contributed by atoms with Gasteiger partial charge in [0.1, 0.15) is 12.0 Å². The van der Waals surface area contributed by atoms with Gasteiger partial charge < -0.3 is 10.4 Å². The first kappa shape index (κ1) is 14.5. The Kier molecular flexibility index (Phi) is 3.52. The Bertz CT molecular complexity index is 574. The number of halogens is 1. The second kappa shape index (κ2) is 4.86. The maximum Gasteiger partial charge on any atom is 0.336 e. The number of amides is 1. The fourth-order valence-corrected chi connectivity index (χ4v) is 2.27. The Morgan fingerprint density at radius 3 is 2.60 bits per heavy atom. The molecule has 1 aliphatic rings. The van der Waals surface area contributed by atoms with E-state index < -0.39 is 23.5 Å². The number of aromatic carboxylic acids is 1. The molecule has 1 heterocycles. The number of carboxylic acids is 1. The summed E-state index contributed by atoms with van der Waals surface area (Å²) in [7, 11) is 0. The zero-order valence-electron chi connectivity index (χ0n) is 11.5. The maximum atomic E-state index is 14.0. The smallest absolute Gasteiger partial charge is 0.336 e. The Morgan fingerprint density at radius 1 is 1.45 bits per heavy atom. The van der Waals surface area contributed by atoms with Gasteiger partial charge in [0.05, 0.1) is 11.1 Å². The molecule has 1 aromatic rings. The van der Waals surface area contributed by atoms with Crippen LogP contribution in [0.3, 0.4) is 0 Å². The molecule has 20 heavy (non-hydrogen) atoms. The zero-order chi connectivity index (χ0) is 15.1. The quantitative estimate of drug-likeness (QED) is 0.786. The van der Waals surface area contributed by atoms with E-state index in [2.05, 4.69) is 10.6 Å². The number of carbonyl (C=O) groups excluding carboxylic acids is 1. The van der Waals surface area contributed by atoms with E-state index in [-0.39, 0.29) is 23.0 Å². The molecule has 3 N–H and O–H groups in total. The van der Waals surface area contributed by atoms with E-state index in [1.807, 2.05) is 13.8 Å². The van der Waals surface area contributed by atoms with E-state index in [0.717, 1.165) is 0 Å². The summed E-state index contributed by atoms with van der Waals surface area (Å²) in [4.78, 5) is 23.3. The van der Waals surface area contributed by atoms with Crippen molar-refractivity contribution in [1.82, 2.24) is 10.6 Å². The van der Waals surface area contributed by atoms with E-state index >= 15 is 0 Å². The second-order valence-corrected chi connectivity index (χ2v) is 5.41. The van der Waals surface area contributed by atoms with Gasteiger partial charge >= 0.3 is 5.97 Å². The summed E-state index contributed by atoms with van der Waals surface area (Å²) in [6.07, 6.45) is -0.845. The Balaban J connectivity index is 2.45. The van der Waals surface area contributed by atoms with E-state index in [0.29, 0.717) is 0 Å². The molecule has 0 aromatic heterocycles. The van der Waals surface area contributed by atoms with Gasteiger partial charge in [-0.2, -0.15) is 0 Å². The highest BCUT2D eigenvalue weighted by atomic mass is 19.1. The highest BCUT2D eigenvalue weighted by Crippen LogP contribution is 2.30. The van der Waals surface area contributed by atoms with Gasteiger partial charge in [-0.1, -0.05) is 19.9 Å². The first-order valence-corrected chi connectivity index (χ1v) is 6.37. The first-order valence-electron chi connectivity index (χ1n) is 6.37. The standard InChI is InChI=1S/C14H17FN2O3/c1-7(2)14(3)13(20)16-11(17-14)10-8(12(18)19)5-4-6-9(10)15/h4-7,11,17H,1-3H3,(H,16,20)(H,18,19)/t11-,14-/m1/s1. The molecule has 1 saturated heterocycles. The number of rotatable bonds is 3. The van der Waals surface area contributed by atoms with Gasteiger partial charge in [0.2, 0.25) is 5.91 Å². The summed E-state index contributed by atoms with van der Waals surface area (Å²) in [5, 5.41) is 14.8. The van der Waals surface area contributed by atoms with Crippen LogP contribution in [-0.2, 0) is 4.79 Å². The van der Waals surface area contributed by atoms with Crippen LogP contribution in [0.5, 0.6) is 0 Å². The van der Waals surface area contributed by atoms with Crippen molar-refractivity contribution in [2.75, 3.05) is 0 Å². The van der Waals surface area contributed by atoms with Crippen molar-refractivity contribution in [3.05, 3.63) is 35.1 Å². The van der Waals surface area contributed by atoms with Crippen molar-refractivity contribution in [3.8, 4) is 0 Å². The number of nitrogens with one attached hydrogen (secondary N) is 2. The highest BCUT2D eigenvalue weighted by Gasteiger charge is 2.46. The average Bonchev–Trinajstić information content (AvgIpc) is 2.66. The molecule has 0 bridgehead atoms. The second-order valence-electron chi connectivity index (χ2n) is 5.41. The topological polar surface area (TPSA) is 78.4 Å². The molecular weight excluding hydrogens is 263 g/mol. The third-order valence-corrected chi connectivity index (χ3v) is 3.92. The molecular formula is C14H17FN2O3. The molecule has 1 amide bonds. The van der Waals surface area contributed by atoms with E-state index in [1.165, 1.54) is 18.2 Å². The lowest BCUT2D eigenvalue weighted by atomic mass is 9.89. The van der Waals surface area contributed by atoms with Gasteiger partial charge in [-0.25, -0.2) is 9.18 Å². The Labute approximate surface area is 116 Å². The number of benzene rings is 1. The van der Waals surface area contributed by atoms with Crippen LogP contribution < -0.4 is 10.6 Å². The molecule has 2 rings (SSSR count). The summed E-state index contributed by atoms with van der Waals surface area (Å²) in [6.45, 7) is 5.46. The number of carboxylic acid groups (broad SMARTS) is 1. The molecule has 6 heteroatoms. The van der Waals surface area contributed by atoms with Gasteiger partial charge in [-0.3, -0.25) is 10.1 Å². The molecule has 0 unspecified atom stereocenters. The maximum absolute atomic E-state index is 14.0. The predicted molar refractivity (Wildman–Crippen MR) is 70.6 cm³/mol. The molecule has 5 nitrogen and oxygen atoms in total. The lowest BCUT2D eigenvalue weighted by molar-refractivity contribution is -0.125. The van der Waals surface area contributed by atoms with Crippen molar-refractivity contribution in [1.29, 1.82) is 0 Å². The third-order valence-electron chi connectivity index (χ3n) is 3.92. The summed E-state index contributed by atoms with van der Waals surface area (Å²) >= 11 is 0. The number of carbonyl (C=O) groups is 2. The third kappa shape index (κ3) is 2.16. The van der Waals surface area contributed by atoms with Crippen molar-refractivity contribution < 1.29 is 19.1 Å². The molecule has 1 fully saturated rings. The Hall–Kier alpha value is -1.95. The minimum atomic E-state index is -1.23. The molecule has 0 radical (unpaired) electrons. The van der Waals surface area contributed by atoms with Crippen LogP contribution in [0.2, 0.25) is 0 Å². The average molecular weight is 280 g/mol. The molecule has 0 aliphatic carbocycles. The molecule has 1 aromatic carbocycles. The van der Waals surface area contributed by atoms with Gasteiger partial charge in [-0.05, 0) is 25.0 Å². The van der Waals surface area contributed by atoms with Crippen LogP contribution in [0.1, 0.15) is 42.9 Å². The number of hydrogen-bond donors (Lipinski definition) is 3. The predicted octanol–water partition coefficient (Wildman–Crippen LogP) is 1.66. The summed E-state index contributed by atoms with van der Waals surface area (Å²) in [5.74, 6) is -2.17. The lowest BCUT2D eigenvalue weighted by Gasteiger charge is -2.26. The van der Waals surface area contributed by atoms with Crippen molar-refractivity contribution >= 4 is 11.9 Å². The summed E-state index contributed by atoms with van der Waals surface area (Å²) < 4.78 is 14.0. The number of hydrogen-bond acceptors (Lipinski definition) is 3. The van der Waals surface area contributed by atoms with Crippen LogP contribution in [-0.4, -0.2) is 22.5 Å². The van der Waals surface area contributed by atoms with Crippen LogP contribution >= 0.6 is 0 Å². The lowest BCUT2D eigenvalue weighted by Crippen LogP contribution is -2.48. The van der Waals surface area contributed by atoms with Crippen molar-refractivity contribution in [2.24, 2.45) is 5.92 Å². The summed E-state index contributed by atoms with van der Waals surface area (Å²) in [6, 6.07) is 3.83. The molecule has 0 saturated carbocycles. The monoisotopic (exact) mass is 280 g/mol. The van der Waals surface area contributed by atoms with Gasteiger partial charge in [-0.15, -0.1) is 0 Å². The van der Waals surface area contributed by atoms with E-state index in [9.17, 15) is 14.0 Å². The minimum absolute atomic E-state index is 0.0208. The zero-order valence-corrected chi connectivity index (χ0v) is 11.5. The van der Waals surface area contributed by atoms with Gasteiger partial charge in [0, 0.05) is 5.56 Å². The molecule has 108 valence electrons. The summed E-state index contributed by atoms with van der Waals surface area (Å²) in [5.41, 5.74) is -1.06. The van der Waals surface area contributed by atoms with Crippen LogP contribution in [0, 0.1) is 11.7 Å². The molecule has 0 spiro atoms. The van der Waals surface area contributed by atoms with E-state index in [4.69, 9.17) is 5.11 Å². The molecule has 1 aliphatic heterocycles. The van der Waals surface area contributed by atoms with Gasteiger partial charge in [0.15, 0.2) is 0 Å². The molecule has 2 atom stereocenters. The van der Waals surface area contributed by atoms with E-state index in [1.54, 1.807) is 6.92 Å². The van der Waals surface area contributed by atoms with Crippen LogP contribution in [0.4, 0.5) is 4.39 Å². The fourth-order valence-electron chi connectivity index (χ4n) is 2.27.